The third-order valence-corrected chi connectivity index (χ3v) is 2.90. The molecular formula is C9H18N4S. The molecule has 0 fully saturated rings. The van der Waals surface area contributed by atoms with Crippen molar-refractivity contribution in [1.29, 1.82) is 0 Å². The Morgan fingerprint density at radius 1 is 1.57 bits per heavy atom. The van der Waals surface area contributed by atoms with Crippen molar-refractivity contribution in [2.75, 3.05) is 32.1 Å². The first-order valence-corrected chi connectivity index (χ1v) is 5.57. The normalized spacial score (nSPS) is 12.9. The molecule has 0 bridgehead atoms. The summed E-state index contributed by atoms with van der Waals surface area (Å²) in [6.07, 6.45) is 0. The number of aromatic nitrogens is 2. The van der Waals surface area contributed by atoms with Gasteiger partial charge in [-0.25, -0.2) is 4.98 Å². The molecule has 0 saturated carbocycles. The highest BCUT2D eigenvalue weighted by molar-refractivity contribution is 7.09. The van der Waals surface area contributed by atoms with Gasteiger partial charge in [0.1, 0.15) is 5.82 Å². The first kappa shape index (κ1) is 11.4. The summed E-state index contributed by atoms with van der Waals surface area (Å²) in [7, 11) is 4.04. The summed E-state index contributed by atoms with van der Waals surface area (Å²) in [5.41, 5.74) is 0. The van der Waals surface area contributed by atoms with Crippen LogP contribution in [0.25, 0.3) is 0 Å². The first-order valence-electron chi connectivity index (χ1n) is 4.79. The molecule has 0 aliphatic carbocycles. The lowest BCUT2D eigenvalue weighted by molar-refractivity contribution is 0.542. The summed E-state index contributed by atoms with van der Waals surface area (Å²) in [5, 5.41) is 4.18. The van der Waals surface area contributed by atoms with Gasteiger partial charge in [0, 0.05) is 25.1 Å². The van der Waals surface area contributed by atoms with Crippen molar-refractivity contribution >= 4 is 16.7 Å². The molecule has 1 aromatic rings. The van der Waals surface area contributed by atoms with E-state index >= 15 is 0 Å². The average Bonchev–Trinajstić information content (AvgIpc) is 2.52. The smallest absolute Gasteiger partial charge is 0.204 e. The van der Waals surface area contributed by atoms with E-state index in [-0.39, 0.29) is 0 Å². The Kier molecular flexibility index (Phi) is 4.28. The molecule has 0 aliphatic heterocycles. The molecule has 1 aromatic heterocycles. The molecule has 0 radical (unpaired) electrons. The predicted octanol–water partition coefficient (Wildman–Crippen LogP) is 1.14. The summed E-state index contributed by atoms with van der Waals surface area (Å²) in [6, 6.07) is 0. The van der Waals surface area contributed by atoms with Crippen LogP contribution in [-0.4, -0.2) is 36.5 Å². The van der Waals surface area contributed by atoms with E-state index in [0.29, 0.717) is 5.92 Å². The fraction of sp³-hybridized carbons (Fsp3) is 0.778. The van der Waals surface area contributed by atoms with Crippen LogP contribution in [0.2, 0.25) is 0 Å². The van der Waals surface area contributed by atoms with E-state index in [4.69, 9.17) is 0 Å². The molecule has 1 rings (SSSR count). The summed E-state index contributed by atoms with van der Waals surface area (Å²) >= 11 is 1.46. The third kappa shape index (κ3) is 3.23. The molecule has 1 heterocycles. The van der Waals surface area contributed by atoms with Crippen LogP contribution in [0.4, 0.5) is 5.13 Å². The molecule has 4 nitrogen and oxygen atoms in total. The molecule has 0 aromatic carbocycles. The van der Waals surface area contributed by atoms with Gasteiger partial charge in [-0.15, -0.1) is 0 Å². The van der Waals surface area contributed by atoms with Crippen LogP contribution in [0, 0.1) is 12.8 Å². The van der Waals surface area contributed by atoms with Crippen LogP contribution < -0.4 is 10.2 Å². The van der Waals surface area contributed by atoms with Crippen LogP contribution in [0.15, 0.2) is 0 Å². The minimum Gasteiger partial charge on any atom is -0.350 e. The Morgan fingerprint density at radius 3 is 2.79 bits per heavy atom. The molecule has 0 spiro atoms. The first-order chi connectivity index (χ1) is 6.63. The molecule has 0 amide bonds. The maximum atomic E-state index is 4.34. The minimum absolute atomic E-state index is 0.620. The second-order valence-electron chi connectivity index (χ2n) is 3.67. The highest BCUT2D eigenvalue weighted by atomic mass is 32.1. The van der Waals surface area contributed by atoms with Crippen LogP contribution in [0.1, 0.15) is 12.7 Å². The molecule has 14 heavy (non-hydrogen) atoms. The predicted molar refractivity (Wildman–Crippen MR) is 61.0 cm³/mol. The summed E-state index contributed by atoms with van der Waals surface area (Å²) < 4.78 is 4.16. The standard InChI is InChI=1S/C9H18N4S/c1-7(5-10-3)6-13(4)9-11-8(2)12-14-9/h7,10H,5-6H2,1-4H3. The van der Waals surface area contributed by atoms with Gasteiger partial charge < -0.3 is 10.2 Å². The zero-order valence-corrected chi connectivity index (χ0v) is 10.1. The van der Waals surface area contributed by atoms with Crippen LogP contribution in [-0.2, 0) is 0 Å². The lowest BCUT2D eigenvalue weighted by Gasteiger charge is -2.19. The highest BCUT2D eigenvalue weighted by Crippen LogP contribution is 2.15. The highest BCUT2D eigenvalue weighted by Gasteiger charge is 2.09. The van der Waals surface area contributed by atoms with Gasteiger partial charge >= 0.3 is 0 Å². The van der Waals surface area contributed by atoms with Gasteiger partial charge in [0.15, 0.2) is 0 Å². The second-order valence-corrected chi connectivity index (χ2v) is 4.40. The molecule has 1 atom stereocenters. The molecule has 0 aliphatic rings. The molecule has 5 heteroatoms. The second kappa shape index (κ2) is 5.26. The van der Waals surface area contributed by atoms with Crippen molar-refractivity contribution in [3.8, 4) is 0 Å². The van der Waals surface area contributed by atoms with Crippen LogP contribution in [0.3, 0.4) is 0 Å². The number of rotatable bonds is 5. The third-order valence-electron chi connectivity index (χ3n) is 1.98. The van der Waals surface area contributed by atoms with Gasteiger partial charge in [-0.1, -0.05) is 6.92 Å². The molecule has 1 N–H and O–H groups in total. The summed E-state index contributed by atoms with van der Waals surface area (Å²) in [4.78, 5) is 6.50. The Hall–Kier alpha value is -0.680. The zero-order chi connectivity index (χ0) is 10.6. The maximum absolute atomic E-state index is 4.34. The quantitative estimate of drug-likeness (QED) is 0.798. The van der Waals surface area contributed by atoms with Crippen LogP contribution in [0.5, 0.6) is 0 Å². The van der Waals surface area contributed by atoms with E-state index < -0.39 is 0 Å². The van der Waals surface area contributed by atoms with Crippen molar-refractivity contribution in [3.05, 3.63) is 5.82 Å². The zero-order valence-electron chi connectivity index (χ0n) is 9.24. The van der Waals surface area contributed by atoms with Gasteiger partial charge in [-0.3, -0.25) is 0 Å². The lowest BCUT2D eigenvalue weighted by atomic mass is 10.2. The van der Waals surface area contributed by atoms with Gasteiger partial charge in [-0.05, 0) is 26.4 Å². The van der Waals surface area contributed by atoms with Crippen molar-refractivity contribution in [1.82, 2.24) is 14.7 Å². The average molecular weight is 214 g/mol. The van der Waals surface area contributed by atoms with E-state index in [9.17, 15) is 0 Å². The topological polar surface area (TPSA) is 41.0 Å². The molecular weight excluding hydrogens is 196 g/mol. The number of hydrogen-bond acceptors (Lipinski definition) is 5. The van der Waals surface area contributed by atoms with Gasteiger partial charge in [0.2, 0.25) is 5.13 Å². The number of hydrogen-bond donors (Lipinski definition) is 1. The number of nitrogens with one attached hydrogen (secondary N) is 1. The van der Waals surface area contributed by atoms with Crippen molar-refractivity contribution in [2.45, 2.75) is 13.8 Å². The summed E-state index contributed by atoms with van der Waals surface area (Å²) in [6.45, 7) is 6.18. The van der Waals surface area contributed by atoms with E-state index in [2.05, 4.69) is 33.5 Å². The van der Waals surface area contributed by atoms with E-state index in [1.54, 1.807) is 0 Å². The van der Waals surface area contributed by atoms with E-state index in [1.807, 2.05) is 14.0 Å². The monoisotopic (exact) mass is 214 g/mol. The van der Waals surface area contributed by atoms with E-state index in [1.165, 1.54) is 11.5 Å². The van der Waals surface area contributed by atoms with Gasteiger partial charge in [-0.2, -0.15) is 4.37 Å². The summed E-state index contributed by atoms with van der Waals surface area (Å²) in [5.74, 6) is 1.48. The SMILES string of the molecule is CNCC(C)CN(C)c1nc(C)ns1. The number of nitrogens with zero attached hydrogens (tertiary/aromatic N) is 3. The fourth-order valence-electron chi connectivity index (χ4n) is 1.40. The van der Waals surface area contributed by atoms with Crippen molar-refractivity contribution < 1.29 is 0 Å². The number of aryl methyl sites for hydroxylation is 1. The number of anilines is 1. The van der Waals surface area contributed by atoms with Crippen molar-refractivity contribution in [2.24, 2.45) is 5.92 Å². The Labute approximate surface area is 89.5 Å². The fourth-order valence-corrected chi connectivity index (χ4v) is 2.04. The lowest BCUT2D eigenvalue weighted by Crippen LogP contribution is -2.29. The van der Waals surface area contributed by atoms with Crippen molar-refractivity contribution in [3.63, 3.8) is 0 Å². The largest absolute Gasteiger partial charge is 0.350 e. The maximum Gasteiger partial charge on any atom is 0.204 e. The molecule has 1 unspecified atom stereocenters. The Bertz CT molecular complexity index is 274. The molecule has 0 saturated heterocycles. The van der Waals surface area contributed by atoms with E-state index in [0.717, 1.165) is 24.0 Å². The minimum atomic E-state index is 0.620. The van der Waals surface area contributed by atoms with Crippen LogP contribution >= 0.6 is 11.5 Å². The Balaban J connectivity index is 2.45. The van der Waals surface area contributed by atoms with Gasteiger partial charge in [0.25, 0.3) is 0 Å². The van der Waals surface area contributed by atoms with Gasteiger partial charge in [0.05, 0.1) is 0 Å². The Morgan fingerprint density at radius 2 is 2.29 bits per heavy atom. The molecule has 80 valence electrons.